The molecular formula is C87H99NO27. The Bertz CT molecular complexity index is 4140. The predicted octanol–water partition coefficient (Wildman–Crippen LogP) is 9.39. The van der Waals surface area contributed by atoms with Crippen molar-refractivity contribution in [3.8, 4) is 0 Å². The fourth-order valence-electron chi connectivity index (χ4n) is 13.9. The van der Waals surface area contributed by atoms with Crippen LogP contribution in [0, 0.1) is 0 Å². The first-order valence-electron chi connectivity index (χ1n) is 38.1. The van der Waals surface area contributed by atoms with Crippen LogP contribution in [0.2, 0.25) is 0 Å². The molecule has 0 saturated carbocycles. The molecule has 1 N–H and O–H groups in total. The number of benzene rings is 7. The Kier molecular flexibility index (Phi) is 32.8. The monoisotopic (exact) mass is 1590 g/mol. The molecule has 11 rings (SSSR count). The van der Waals surface area contributed by atoms with Crippen molar-refractivity contribution in [3.05, 3.63) is 251 Å². The maximum Gasteiger partial charge on any atom is 0.303 e. The summed E-state index contributed by atoms with van der Waals surface area (Å²) in [7, 11) is 0. The van der Waals surface area contributed by atoms with Gasteiger partial charge in [-0.3, -0.25) is 33.6 Å². The molecule has 4 aliphatic rings. The predicted molar refractivity (Wildman–Crippen MR) is 406 cm³/mol. The summed E-state index contributed by atoms with van der Waals surface area (Å²) in [4.78, 5) is 93.5. The summed E-state index contributed by atoms with van der Waals surface area (Å²) in [6.45, 7) is 6.00. The number of esters is 6. The van der Waals surface area contributed by atoms with E-state index >= 15 is 0 Å². The third-order valence-corrected chi connectivity index (χ3v) is 19.0. The standard InChI is InChI=1S/C87H99NO27/c1-54(89)88-72-77(114-87-83(108-60(7)95)80(107-59(6)94)76(106-58(5)93)71(112-87)53-99-56(3)91)74(105-57(4)92)70(52-98-55(2)90)109-84(72)115-79-73(100-45-63-33-19-10-20-34-63)68(50-96-43-61-29-15-8-16-30-61)111-86(82(79)103-48-66-39-25-13-26-40-66)113-75-69(51-97-44-62-31-17-9-18-32-62)110-85(104-49-67-41-27-14-28-42-67)81(102-47-65-37-23-12-24-38-65)78(75)101-46-64-35-21-11-22-36-64/h8-42,68-87H,43-53H2,1-7H3,(H,88,89)/t68-,69-,70-,71-,72-,73+,74-,75-,76+,77-,78+,79+,80+,81-,82-,83-,84+,85-,86+,87+/m1/s1. The van der Waals surface area contributed by atoms with Crippen molar-refractivity contribution in [2.45, 2.75) is 217 Å². The van der Waals surface area contributed by atoms with E-state index < -0.39 is 178 Å². The van der Waals surface area contributed by atoms with E-state index in [2.05, 4.69) is 5.32 Å². The number of hydrogen-bond donors (Lipinski definition) is 1. The zero-order valence-electron chi connectivity index (χ0n) is 65.1. The molecule has 0 aliphatic carbocycles. The van der Waals surface area contributed by atoms with Crippen LogP contribution >= 0.6 is 0 Å². The molecule has 0 radical (unpaired) electrons. The van der Waals surface area contributed by atoms with E-state index in [-0.39, 0.29) is 59.5 Å². The van der Waals surface area contributed by atoms with Crippen LogP contribution in [0.3, 0.4) is 0 Å². The summed E-state index contributed by atoms with van der Waals surface area (Å²) in [6, 6.07) is 64.6. The fraction of sp³-hybridized carbons (Fsp3) is 0.437. The molecule has 1 amide bonds. The van der Waals surface area contributed by atoms with Crippen molar-refractivity contribution < 1.29 is 128 Å². The average molecular weight is 1590 g/mol. The summed E-state index contributed by atoms with van der Waals surface area (Å²) >= 11 is 0. The van der Waals surface area contributed by atoms with Gasteiger partial charge in [-0.05, 0) is 38.9 Å². The highest BCUT2D eigenvalue weighted by atomic mass is 16.8. The van der Waals surface area contributed by atoms with Crippen molar-refractivity contribution in [3.63, 3.8) is 0 Å². The van der Waals surface area contributed by atoms with Crippen molar-refractivity contribution in [2.24, 2.45) is 0 Å². The minimum atomic E-state index is -2.01. The Labute approximate surface area is 667 Å². The second kappa shape index (κ2) is 43.8. The summed E-state index contributed by atoms with van der Waals surface area (Å²) in [5, 5.41) is 2.90. The van der Waals surface area contributed by atoms with Crippen LogP contribution in [0.15, 0.2) is 212 Å². The maximum absolute atomic E-state index is 14.3. The lowest BCUT2D eigenvalue weighted by atomic mass is 9.93. The highest BCUT2D eigenvalue weighted by Crippen LogP contribution is 2.41. The lowest BCUT2D eigenvalue weighted by molar-refractivity contribution is -0.392. The zero-order chi connectivity index (χ0) is 81.0. The second-order valence-corrected chi connectivity index (χ2v) is 27.9. The molecule has 28 nitrogen and oxygen atoms in total. The average Bonchev–Trinajstić information content (AvgIpc) is 0.759. The molecule has 614 valence electrons. The van der Waals surface area contributed by atoms with Gasteiger partial charge in [0.2, 0.25) is 5.91 Å². The molecule has 4 heterocycles. The van der Waals surface area contributed by atoms with Crippen LogP contribution in [-0.4, -0.2) is 191 Å². The Hall–Kier alpha value is -9.73. The van der Waals surface area contributed by atoms with E-state index in [0.717, 1.165) is 69.4 Å². The number of nitrogens with one attached hydrogen (secondary N) is 1. The van der Waals surface area contributed by atoms with Gasteiger partial charge in [-0.25, -0.2) is 0 Å². The van der Waals surface area contributed by atoms with E-state index in [1.165, 1.54) is 6.92 Å². The minimum absolute atomic E-state index is 0.0172. The summed E-state index contributed by atoms with van der Waals surface area (Å²) in [5.41, 5.74) is 5.52. The number of hydrogen-bond acceptors (Lipinski definition) is 27. The second-order valence-electron chi connectivity index (χ2n) is 27.9. The molecule has 115 heavy (non-hydrogen) atoms. The smallest absolute Gasteiger partial charge is 0.303 e. The van der Waals surface area contributed by atoms with Gasteiger partial charge in [0.25, 0.3) is 0 Å². The van der Waals surface area contributed by atoms with E-state index in [1.807, 2.05) is 212 Å². The first-order chi connectivity index (χ1) is 55.8. The molecule has 7 aromatic carbocycles. The molecule has 28 heteroatoms. The number of ether oxygens (including phenoxy) is 20. The highest BCUT2D eigenvalue weighted by molar-refractivity contribution is 5.73. The quantitative estimate of drug-likeness (QED) is 0.0278. The van der Waals surface area contributed by atoms with Gasteiger partial charge in [-0.1, -0.05) is 212 Å². The Balaban J connectivity index is 1.09. The van der Waals surface area contributed by atoms with Crippen LogP contribution in [0.5, 0.6) is 0 Å². The molecule has 0 spiro atoms. The minimum Gasteiger partial charge on any atom is -0.463 e. The summed E-state index contributed by atoms with van der Waals surface area (Å²) in [5.74, 6) is -6.15. The van der Waals surface area contributed by atoms with E-state index in [1.54, 1.807) is 0 Å². The first-order valence-corrected chi connectivity index (χ1v) is 38.1. The van der Waals surface area contributed by atoms with Crippen molar-refractivity contribution in [1.82, 2.24) is 5.32 Å². The molecule has 0 aromatic heterocycles. The molecule has 4 aliphatic heterocycles. The van der Waals surface area contributed by atoms with Gasteiger partial charge in [0, 0.05) is 48.5 Å². The maximum atomic E-state index is 14.3. The van der Waals surface area contributed by atoms with E-state index in [9.17, 15) is 33.6 Å². The Morgan fingerprint density at radius 3 is 0.939 bits per heavy atom. The van der Waals surface area contributed by atoms with Gasteiger partial charge < -0.3 is 100 Å². The van der Waals surface area contributed by atoms with Gasteiger partial charge in [0.05, 0.1) is 59.5 Å². The zero-order valence-corrected chi connectivity index (χ0v) is 65.1. The summed E-state index contributed by atoms with van der Waals surface area (Å²) in [6.07, 6.45) is -29.0. The van der Waals surface area contributed by atoms with Gasteiger partial charge in [-0.15, -0.1) is 0 Å². The molecule has 20 atom stereocenters. The molecular weight excluding hydrogens is 1490 g/mol. The van der Waals surface area contributed by atoms with E-state index in [0.29, 0.717) is 11.1 Å². The van der Waals surface area contributed by atoms with Crippen LogP contribution in [0.4, 0.5) is 0 Å². The number of rotatable bonds is 38. The fourth-order valence-corrected chi connectivity index (χ4v) is 13.9. The lowest BCUT2D eigenvalue weighted by Crippen LogP contribution is -2.71. The normalized spacial score (nSPS) is 27.2. The largest absolute Gasteiger partial charge is 0.463 e. The Morgan fingerprint density at radius 1 is 0.261 bits per heavy atom. The van der Waals surface area contributed by atoms with Crippen LogP contribution in [0.25, 0.3) is 0 Å². The van der Waals surface area contributed by atoms with Crippen LogP contribution in [0.1, 0.15) is 87.4 Å². The molecule has 4 saturated heterocycles. The van der Waals surface area contributed by atoms with Crippen LogP contribution < -0.4 is 5.32 Å². The third-order valence-electron chi connectivity index (χ3n) is 19.0. The van der Waals surface area contributed by atoms with Gasteiger partial charge in [0.1, 0.15) is 86.4 Å². The third kappa shape index (κ3) is 25.9. The van der Waals surface area contributed by atoms with Crippen LogP contribution in [-0.2, 0) is 175 Å². The van der Waals surface area contributed by atoms with Crippen molar-refractivity contribution in [1.29, 1.82) is 0 Å². The van der Waals surface area contributed by atoms with Crippen molar-refractivity contribution >= 4 is 41.7 Å². The van der Waals surface area contributed by atoms with E-state index in [4.69, 9.17) is 94.7 Å². The van der Waals surface area contributed by atoms with Gasteiger partial charge in [-0.2, -0.15) is 0 Å². The SMILES string of the molecule is CC(=O)N[C@H]1[C@H](O[C@H]2[C@@H](OCc3ccccc3)[C@@H](COCc3ccccc3)O[C@@H](O[C@H]3[C@H](OCc4ccccc4)[C@@H](OCc4ccccc4)[C@H](OCc4ccccc4)O[C@@H]3COCc3ccccc3)[C@@H]2OCc2ccccc2)O[C@H](COC(C)=O)[C@@H](OC(C)=O)[C@@H]1O[C@@H]1O[C@H](COC(C)=O)[C@H](OC(C)=O)[C@H](OC(C)=O)[C@H]1OC(C)=O. The summed E-state index contributed by atoms with van der Waals surface area (Å²) < 4.78 is 135. The molecule has 0 unspecified atom stereocenters. The first kappa shape index (κ1) is 86.1. The topological polar surface area (TPSA) is 316 Å². The lowest BCUT2D eigenvalue weighted by Gasteiger charge is -2.52. The van der Waals surface area contributed by atoms with Gasteiger partial charge >= 0.3 is 35.8 Å². The Morgan fingerprint density at radius 2 is 0.548 bits per heavy atom. The molecule has 7 aromatic rings. The number of carbonyl (C=O) groups is 7. The molecule has 4 fully saturated rings. The number of amides is 1. The highest BCUT2D eigenvalue weighted by Gasteiger charge is 2.60. The van der Waals surface area contributed by atoms with Gasteiger partial charge in [0.15, 0.2) is 49.6 Å². The molecule has 0 bridgehead atoms. The number of carbonyl (C=O) groups excluding carboxylic acids is 7. The van der Waals surface area contributed by atoms with Crippen molar-refractivity contribution in [2.75, 3.05) is 26.4 Å².